The summed E-state index contributed by atoms with van der Waals surface area (Å²) in [5, 5.41) is 12.7. The van der Waals surface area contributed by atoms with Gasteiger partial charge in [-0.05, 0) is 24.0 Å². The van der Waals surface area contributed by atoms with Crippen LogP contribution in [0.3, 0.4) is 0 Å². The Morgan fingerprint density at radius 2 is 1.93 bits per heavy atom. The van der Waals surface area contributed by atoms with Crippen molar-refractivity contribution in [3.8, 4) is 0 Å². The van der Waals surface area contributed by atoms with Crippen molar-refractivity contribution in [3.63, 3.8) is 0 Å². The van der Waals surface area contributed by atoms with E-state index < -0.39 is 0 Å². The molecular formula is C13H21NO. The first kappa shape index (κ1) is 12.1. The third-order valence-electron chi connectivity index (χ3n) is 2.38. The Labute approximate surface area is 92.3 Å². The van der Waals surface area contributed by atoms with Gasteiger partial charge in [0.05, 0.1) is 6.61 Å². The van der Waals surface area contributed by atoms with Crippen LogP contribution in [0.4, 0.5) is 5.69 Å². The minimum atomic E-state index is 0.0964. The lowest BCUT2D eigenvalue weighted by molar-refractivity contribution is 0.281. The van der Waals surface area contributed by atoms with Gasteiger partial charge in [-0.1, -0.05) is 32.9 Å². The molecule has 0 spiro atoms. The summed E-state index contributed by atoms with van der Waals surface area (Å²) in [4.78, 5) is 0. The number of hydrogen-bond donors (Lipinski definition) is 2. The van der Waals surface area contributed by atoms with Gasteiger partial charge in [-0.2, -0.15) is 0 Å². The Kier molecular flexibility index (Phi) is 3.75. The minimum Gasteiger partial charge on any atom is -0.392 e. The van der Waals surface area contributed by atoms with Crippen molar-refractivity contribution in [2.45, 2.75) is 34.3 Å². The van der Waals surface area contributed by atoms with E-state index in [0.717, 1.165) is 23.4 Å². The second kappa shape index (κ2) is 4.67. The molecule has 0 saturated heterocycles. The van der Waals surface area contributed by atoms with Crippen LogP contribution in [-0.2, 0) is 6.61 Å². The molecule has 0 fully saturated rings. The van der Waals surface area contributed by atoms with Gasteiger partial charge in [0.2, 0.25) is 0 Å². The number of hydrogen-bond acceptors (Lipinski definition) is 2. The first-order valence-corrected chi connectivity index (χ1v) is 5.37. The molecular weight excluding hydrogens is 186 g/mol. The highest BCUT2D eigenvalue weighted by Crippen LogP contribution is 2.21. The van der Waals surface area contributed by atoms with E-state index in [1.807, 2.05) is 25.1 Å². The number of aliphatic hydroxyl groups is 1. The molecule has 1 aromatic rings. The maximum atomic E-state index is 9.29. The van der Waals surface area contributed by atoms with Gasteiger partial charge in [0.1, 0.15) is 0 Å². The predicted molar refractivity (Wildman–Crippen MR) is 65.0 cm³/mol. The number of nitrogens with one attached hydrogen (secondary N) is 1. The van der Waals surface area contributed by atoms with Crippen LogP contribution in [0, 0.1) is 12.3 Å². The van der Waals surface area contributed by atoms with Crippen LogP contribution in [0.5, 0.6) is 0 Å². The maximum absolute atomic E-state index is 9.29. The zero-order valence-corrected chi connectivity index (χ0v) is 10.1. The second-order valence-corrected chi connectivity index (χ2v) is 5.17. The summed E-state index contributed by atoms with van der Waals surface area (Å²) in [5.41, 5.74) is 3.43. The van der Waals surface area contributed by atoms with Crippen molar-refractivity contribution in [3.05, 3.63) is 29.3 Å². The van der Waals surface area contributed by atoms with Crippen LogP contribution in [0.15, 0.2) is 18.2 Å². The lowest BCUT2D eigenvalue weighted by Gasteiger charge is -2.21. The van der Waals surface area contributed by atoms with Gasteiger partial charge in [0.25, 0.3) is 0 Å². The molecule has 0 saturated carbocycles. The summed E-state index contributed by atoms with van der Waals surface area (Å²) >= 11 is 0. The van der Waals surface area contributed by atoms with E-state index in [9.17, 15) is 5.11 Å². The number of benzene rings is 1. The average Bonchev–Trinajstić information content (AvgIpc) is 2.13. The second-order valence-electron chi connectivity index (χ2n) is 5.17. The Morgan fingerprint density at radius 1 is 1.27 bits per heavy atom. The van der Waals surface area contributed by atoms with Gasteiger partial charge in [0.15, 0.2) is 0 Å². The molecule has 0 aromatic heterocycles. The summed E-state index contributed by atoms with van der Waals surface area (Å²) < 4.78 is 0. The highest BCUT2D eigenvalue weighted by atomic mass is 16.3. The van der Waals surface area contributed by atoms with Crippen LogP contribution in [0.1, 0.15) is 31.9 Å². The molecule has 0 aliphatic carbocycles. The first-order valence-electron chi connectivity index (χ1n) is 5.37. The van der Waals surface area contributed by atoms with Gasteiger partial charge in [0, 0.05) is 17.8 Å². The van der Waals surface area contributed by atoms with E-state index in [0.29, 0.717) is 0 Å². The third kappa shape index (κ3) is 3.56. The van der Waals surface area contributed by atoms with Gasteiger partial charge < -0.3 is 10.4 Å². The molecule has 1 rings (SSSR count). The number of aryl methyl sites for hydroxylation is 1. The van der Waals surface area contributed by atoms with Crippen LogP contribution in [0.2, 0.25) is 0 Å². The van der Waals surface area contributed by atoms with Crippen molar-refractivity contribution in [2.75, 3.05) is 11.9 Å². The summed E-state index contributed by atoms with van der Waals surface area (Å²) in [6.45, 7) is 9.59. The van der Waals surface area contributed by atoms with E-state index in [2.05, 4.69) is 26.1 Å². The molecule has 0 aliphatic rings. The molecule has 2 nitrogen and oxygen atoms in total. The molecule has 0 unspecified atom stereocenters. The highest BCUT2D eigenvalue weighted by Gasteiger charge is 2.11. The highest BCUT2D eigenvalue weighted by molar-refractivity contribution is 5.54. The lowest BCUT2D eigenvalue weighted by Crippen LogP contribution is -2.19. The van der Waals surface area contributed by atoms with Crippen LogP contribution < -0.4 is 5.32 Å². The molecule has 15 heavy (non-hydrogen) atoms. The fourth-order valence-electron chi connectivity index (χ4n) is 1.44. The van der Waals surface area contributed by atoms with Gasteiger partial charge in [-0.25, -0.2) is 0 Å². The van der Waals surface area contributed by atoms with Crippen LogP contribution >= 0.6 is 0 Å². The molecule has 1 aromatic carbocycles. The number of anilines is 1. The summed E-state index contributed by atoms with van der Waals surface area (Å²) in [5.74, 6) is 0. The van der Waals surface area contributed by atoms with E-state index in [-0.39, 0.29) is 12.0 Å². The lowest BCUT2D eigenvalue weighted by atomic mass is 9.96. The van der Waals surface area contributed by atoms with E-state index in [1.165, 1.54) is 0 Å². The van der Waals surface area contributed by atoms with Crippen molar-refractivity contribution < 1.29 is 5.11 Å². The molecule has 0 amide bonds. The fourth-order valence-corrected chi connectivity index (χ4v) is 1.44. The molecule has 0 atom stereocenters. The Bertz CT molecular complexity index is 326. The summed E-state index contributed by atoms with van der Waals surface area (Å²) in [6, 6.07) is 6.05. The first-order chi connectivity index (χ1) is 6.94. The van der Waals surface area contributed by atoms with Gasteiger partial charge in [-0.3, -0.25) is 0 Å². The van der Waals surface area contributed by atoms with Crippen molar-refractivity contribution >= 4 is 5.69 Å². The summed E-state index contributed by atoms with van der Waals surface area (Å²) in [6.07, 6.45) is 0. The standard InChI is InChI=1S/C13H21NO/c1-10-6-5-7-12(11(10)8-15)14-9-13(2,3)4/h5-7,14-15H,8-9H2,1-4H3. The zero-order chi connectivity index (χ0) is 11.5. The average molecular weight is 207 g/mol. The van der Waals surface area contributed by atoms with Crippen molar-refractivity contribution in [1.29, 1.82) is 0 Å². The van der Waals surface area contributed by atoms with Gasteiger partial charge in [-0.15, -0.1) is 0 Å². The van der Waals surface area contributed by atoms with E-state index in [4.69, 9.17) is 0 Å². The summed E-state index contributed by atoms with van der Waals surface area (Å²) in [7, 11) is 0. The van der Waals surface area contributed by atoms with E-state index in [1.54, 1.807) is 0 Å². The molecule has 0 aliphatic heterocycles. The smallest absolute Gasteiger partial charge is 0.0704 e. The SMILES string of the molecule is Cc1cccc(NCC(C)(C)C)c1CO. The largest absolute Gasteiger partial charge is 0.392 e. The van der Waals surface area contributed by atoms with Gasteiger partial charge >= 0.3 is 0 Å². The zero-order valence-electron chi connectivity index (χ0n) is 10.1. The van der Waals surface area contributed by atoms with E-state index >= 15 is 0 Å². The molecule has 0 heterocycles. The Hall–Kier alpha value is -1.02. The monoisotopic (exact) mass is 207 g/mol. The molecule has 0 bridgehead atoms. The molecule has 84 valence electrons. The number of rotatable bonds is 3. The minimum absolute atomic E-state index is 0.0964. The Balaban J connectivity index is 2.81. The van der Waals surface area contributed by atoms with Crippen molar-refractivity contribution in [2.24, 2.45) is 5.41 Å². The molecule has 0 radical (unpaired) electrons. The van der Waals surface area contributed by atoms with Crippen LogP contribution in [-0.4, -0.2) is 11.7 Å². The molecule has 2 heteroatoms. The normalized spacial score (nSPS) is 11.5. The third-order valence-corrected chi connectivity index (χ3v) is 2.38. The fraction of sp³-hybridized carbons (Fsp3) is 0.538. The van der Waals surface area contributed by atoms with Crippen LogP contribution in [0.25, 0.3) is 0 Å². The maximum Gasteiger partial charge on any atom is 0.0704 e. The predicted octanol–water partition coefficient (Wildman–Crippen LogP) is 2.95. The topological polar surface area (TPSA) is 32.3 Å². The van der Waals surface area contributed by atoms with Crippen molar-refractivity contribution in [1.82, 2.24) is 0 Å². The quantitative estimate of drug-likeness (QED) is 0.798. The Morgan fingerprint density at radius 3 is 2.47 bits per heavy atom. The molecule has 2 N–H and O–H groups in total. The number of aliphatic hydroxyl groups excluding tert-OH is 1.